The molecule has 4 heteroatoms. The highest BCUT2D eigenvalue weighted by atomic mass is 16.4. The lowest BCUT2D eigenvalue weighted by Crippen LogP contribution is -2.26. The van der Waals surface area contributed by atoms with Gasteiger partial charge in [0.05, 0.1) is 6.54 Å². The molecule has 2 atom stereocenters. The quantitative estimate of drug-likeness (QED) is 0.896. The zero-order valence-corrected chi connectivity index (χ0v) is 11.6. The SMILES string of the molecule is CC1CCC(NCc2oc3ccccc3c2C(=O)O)C1. The lowest BCUT2D eigenvalue weighted by molar-refractivity contribution is 0.0696. The summed E-state index contributed by atoms with van der Waals surface area (Å²) in [6, 6.07) is 7.76. The van der Waals surface area contributed by atoms with Gasteiger partial charge in [0.25, 0.3) is 0 Å². The number of hydrogen-bond acceptors (Lipinski definition) is 3. The minimum atomic E-state index is -0.925. The van der Waals surface area contributed by atoms with E-state index in [-0.39, 0.29) is 0 Å². The monoisotopic (exact) mass is 273 g/mol. The number of nitrogens with one attached hydrogen (secondary N) is 1. The summed E-state index contributed by atoms with van der Waals surface area (Å²) in [4.78, 5) is 11.5. The summed E-state index contributed by atoms with van der Waals surface area (Å²) >= 11 is 0. The van der Waals surface area contributed by atoms with Crippen molar-refractivity contribution < 1.29 is 14.3 Å². The first-order valence-corrected chi connectivity index (χ1v) is 7.12. The van der Waals surface area contributed by atoms with Gasteiger partial charge in [-0.25, -0.2) is 4.79 Å². The second-order valence-electron chi connectivity index (χ2n) is 5.70. The summed E-state index contributed by atoms with van der Waals surface area (Å²) in [5.41, 5.74) is 0.931. The van der Waals surface area contributed by atoms with Crippen LogP contribution >= 0.6 is 0 Å². The van der Waals surface area contributed by atoms with E-state index in [1.807, 2.05) is 18.2 Å². The summed E-state index contributed by atoms with van der Waals surface area (Å²) in [6.45, 7) is 2.74. The minimum absolute atomic E-state index is 0.291. The number of hydrogen-bond donors (Lipinski definition) is 2. The molecule has 2 unspecified atom stereocenters. The molecule has 1 aliphatic carbocycles. The van der Waals surface area contributed by atoms with E-state index >= 15 is 0 Å². The van der Waals surface area contributed by atoms with Crippen LogP contribution < -0.4 is 5.32 Å². The van der Waals surface area contributed by atoms with E-state index in [0.29, 0.717) is 34.9 Å². The number of rotatable bonds is 4. The van der Waals surface area contributed by atoms with Crippen molar-refractivity contribution in [2.45, 2.75) is 38.8 Å². The van der Waals surface area contributed by atoms with Gasteiger partial charge in [-0.3, -0.25) is 0 Å². The van der Waals surface area contributed by atoms with E-state index in [1.165, 1.54) is 6.42 Å². The Morgan fingerprint density at radius 2 is 2.20 bits per heavy atom. The van der Waals surface area contributed by atoms with Crippen LogP contribution in [0.5, 0.6) is 0 Å². The molecule has 20 heavy (non-hydrogen) atoms. The van der Waals surface area contributed by atoms with Gasteiger partial charge in [0.15, 0.2) is 0 Å². The van der Waals surface area contributed by atoms with Crippen molar-refractivity contribution in [3.63, 3.8) is 0 Å². The molecule has 0 amide bonds. The number of aromatic carboxylic acids is 1. The van der Waals surface area contributed by atoms with Gasteiger partial charge in [0.1, 0.15) is 16.9 Å². The predicted molar refractivity (Wildman–Crippen MR) is 76.8 cm³/mol. The van der Waals surface area contributed by atoms with Gasteiger partial charge in [-0.2, -0.15) is 0 Å². The Bertz CT molecular complexity index is 632. The van der Waals surface area contributed by atoms with Crippen LogP contribution in [0.2, 0.25) is 0 Å². The van der Waals surface area contributed by atoms with Gasteiger partial charge in [-0.05, 0) is 31.2 Å². The van der Waals surface area contributed by atoms with Crippen LogP contribution in [0, 0.1) is 5.92 Å². The number of carboxylic acids is 1. The van der Waals surface area contributed by atoms with E-state index < -0.39 is 5.97 Å². The van der Waals surface area contributed by atoms with Crippen LogP contribution in [0.4, 0.5) is 0 Å². The summed E-state index contributed by atoms with van der Waals surface area (Å²) < 4.78 is 5.70. The summed E-state index contributed by atoms with van der Waals surface area (Å²) in [6.07, 6.45) is 3.55. The zero-order valence-electron chi connectivity index (χ0n) is 11.6. The Kier molecular flexibility index (Phi) is 3.49. The highest BCUT2D eigenvalue weighted by Crippen LogP contribution is 2.28. The second kappa shape index (κ2) is 5.29. The van der Waals surface area contributed by atoms with Gasteiger partial charge < -0.3 is 14.8 Å². The van der Waals surface area contributed by atoms with Crippen LogP contribution in [0.3, 0.4) is 0 Å². The number of furan rings is 1. The van der Waals surface area contributed by atoms with Crippen LogP contribution in [0.15, 0.2) is 28.7 Å². The standard InChI is InChI=1S/C16H19NO3/c1-10-6-7-11(8-10)17-9-14-15(16(18)19)12-4-2-3-5-13(12)20-14/h2-5,10-11,17H,6-9H2,1H3,(H,18,19). The van der Waals surface area contributed by atoms with Crippen LogP contribution in [0.1, 0.15) is 42.3 Å². The third kappa shape index (κ3) is 2.43. The van der Waals surface area contributed by atoms with Crippen LogP contribution in [-0.4, -0.2) is 17.1 Å². The van der Waals surface area contributed by atoms with Gasteiger partial charge >= 0.3 is 5.97 Å². The molecular weight excluding hydrogens is 254 g/mol. The van der Waals surface area contributed by atoms with Gasteiger partial charge in [-0.15, -0.1) is 0 Å². The maximum atomic E-state index is 11.5. The van der Waals surface area contributed by atoms with E-state index in [4.69, 9.17) is 4.42 Å². The van der Waals surface area contributed by atoms with E-state index in [1.54, 1.807) is 6.07 Å². The van der Waals surface area contributed by atoms with Crippen molar-refractivity contribution in [2.75, 3.05) is 0 Å². The molecule has 2 aromatic rings. The molecule has 0 radical (unpaired) electrons. The summed E-state index contributed by atoms with van der Waals surface area (Å²) in [5.74, 6) is 0.354. The number of benzene rings is 1. The van der Waals surface area contributed by atoms with Gasteiger partial charge in [0.2, 0.25) is 0 Å². The highest BCUT2D eigenvalue weighted by molar-refractivity contribution is 6.03. The van der Waals surface area contributed by atoms with E-state index in [2.05, 4.69) is 12.2 Å². The molecule has 0 spiro atoms. The molecule has 1 fully saturated rings. The largest absolute Gasteiger partial charge is 0.478 e. The molecule has 106 valence electrons. The molecule has 1 saturated carbocycles. The summed E-state index contributed by atoms with van der Waals surface area (Å²) in [5, 5.41) is 13.5. The van der Waals surface area contributed by atoms with Crippen molar-refractivity contribution in [3.8, 4) is 0 Å². The van der Waals surface area contributed by atoms with Crippen molar-refractivity contribution in [1.82, 2.24) is 5.32 Å². The molecule has 1 aromatic carbocycles. The van der Waals surface area contributed by atoms with E-state index in [0.717, 1.165) is 18.8 Å². The fourth-order valence-corrected chi connectivity index (χ4v) is 3.08. The lowest BCUT2D eigenvalue weighted by atomic mass is 10.1. The number of fused-ring (bicyclic) bond motifs is 1. The number of para-hydroxylation sites is 1. The first-order valence-electron chi connectivity index (χ1n) is 7.12. The molecule has 4 nitrogen and oxygen atoms in total. The van der Waals surface area contributed by atoms with Crippen molar-refractivity contribution in [3.05, 3.63) is 35.6 Å². The maximum absolute atomic E-state index is 11.5. The summed E-state index contributed by atoms with van der Waals surface area (Å²) in [7, 11) is 0. The Balaban J connectivity index is 1.83. The maximum Gasteiger partial charge on any atom is 0.339 e. The third-order valence-corrected chi connectivity index (χ3v) is 4.13. The van der Waals surface area contributed by atoms with Gasteiger partial charge in [-0.1, -0.05) is 25.1 Å². The fraction of sp³-hybridized carbons (Fsp3) is 0.438. The topological polar surface area (TPSA) is 62.5 Å². The van der Waals surface area contributed by atoms with E-state index in [9.17, 15) is 9.90 Å². The van der Waals surface area contributed by atoms with Crippen molar-refractivity contribution in [2.24, 2.45) is 5.92 Å². The average molecular weight is 273 g/mol. The molecule has 0 saturated heterocycles. The molecule has 0 aliphatic heterocycles. The first-order chi connectivity index (χ1) is 9.65. The molecular formula is C16H19NO3. The van der Waals surface area contributed by atoms with Crippen LogP contribution in [-0.2, 0) is 6.54 Å². The first kappa shape index (κ1) is 13.2. The number of carbonyl (C=O) groups is 1. The fourth-order valence-electron chi connectivity index (χ4n) is 3.08. The molecule has 2 N–H and O–H groups in total. The predicted octanol–water partition coefficient (Wildman–Crippen LogP) is 3.41. The Labute approximate surface area is 117 Å². The molecule has 1 heterocycles. The van der Waals surface area contributed by atoms with Crippen molar-refractivity contribution in [1.29, 1.82) is 0 Å². The molecule has 1 aromatic heterocycles. The highest BCUT2D eigenvalue weighted by Gasteiger charge is 2.23. The Morgan fingerprint density at radius 3 is 2.90 bits per heavy atom. The average Bonchev–Trinajstić information content (AvgIpc) is 2.99. The number of carboxylic acid groups (broad SMARTS) is 1. The van der Waals surface area contributed by atoms with Crippen LogP contribution in [0.25, 0.3) is 11.0 Å². The smallest absolute Gasteiger partial charge is 0.339 e. The Hall–Kier alpha value is -1.81. The molecule has 1 aliphatic rings. The molecule has 3 rings (SSSR count). The normalized spacial score (nSPS) is 22.4. The third-order valence-electron chi connectivity index (χ3n) is 4.13. The van der Waals surface area contributed by atoms with Crippen molar-refractivity contribution >= 4 is 16.9 Å². The zero-order chi connectivity index (χ0) is 14.1. The second-order valence-corrected chi connectivity index (χ2v) is 5.70. The van der Waals surface area contributed by atoms with Gasteiger partial charge in [0, 0.05) is 11.4 Å². The lowest BCUT2D eigenvalue weighted by Gasteiger charge is -2.11. The Morgan fingerprint density at radius 1 is 1.40 bits per heavy atom. The minimum Gasteiger partial charge on any atom is -0.478 e. The molecule has 0 bridgehead atoms.